The molecular weight excluding hydrogens is 387 g/mol. The number of guanidine groups is 1. The van der Waals surface area contributed by atoms with E-state index in [1.807, 2.05) is 25.7 Å². The lowest BCUT2D eigenvalue weighted by Gasteiger charge is -2.20. The first kappa shape index (κ1) is 22.8. The van der Waals surface area contributed by atoms with Gasteiger partial charge in [-0.15, -0.1) is 0 Å². The third-order valence-corrected chi connectivity index (χ3v) is 4.31. The average molecular weight is 415 g/mol. The highest BCUT2D eigenvalue weighted by molar-refractivity contribution is 5.81. The predicted molar refractivity (Wildman–Crippen MR) is 104 cm³/mol. The van der Waals surface area contributed by atoms with Crippen molar-refractivity contribution >= 4 is 11.9 Å². The van der Waals surface area contributed by atoms with Crippen LogP contribution in [0.3, 0.4) is 0 Å². The number of aromatic nitrogens is 1. The zero-order chi connectivity index (χ0) is 21.4. The lowest BCUT2D eigenvalue weighted by atomic mass is 10.2. The van der Waals surface area contributed by atoms with Crippen LogP contribution in [-0.2, 0) is 11.3 Å². The molecule has 0 spiro atoms. The molecule has 1 fully saturated rings. The molecule has 1 aromatic heterocycles. The summed E-state index contributed by atoms with van der Waals surface area (Å²) >= 11 is 0. The summed E-state index contributed by atoms with van der Waals surface area (Å²) in [4.78, 5) is 22.3. The highest BCUT2D eigenvalue weighted by Crippen LogP contribution is 2.20. The van der Waals surface area contributed by atoms with Crippen LogP contribution < -0.4 is 15.4 Å². The van der Waals surface area contributed by atoms with Crippen LogP contribution in [0.25, 0.3) is 0 Å². The van der Waals surface area contributed by atoms with E-state index >= 15 is 0 Å². The molecule has 1 aromatic rings. The summed E-state index contributed by atoms with van der Waals surface area (Å²) in [6, 6.07) is 3.31. The van der Waals surface area contributed by atoms with E-state index in [0.29, 0.717) is 31.2 Å². The number of nitrogens with one attached hydrogen (secondary N) is 2. The van der Waals surface area contributed by atoms with E-state index in [1.54, 1.807) is 12.1 Å². The fourth-order valence-corrected chi connectivity index (χ4v) is 2.95. The first-order valence-corrected chi connectivity index (χ1v) is 9.66. The van der Waals surface area contributed by atoms with Gasteiger partial charge in [-0.2, -0.15) is 13.2 Å². The van der Waals surface area contributed by atoms with Crippen LogP contribution in [0.4, 0.5) is 13.2 Å². The molecule has 0 radical (unpaired) electrons. The van der Waals surface area contributed by atoms with E-state index in [9.17, 15) is 18.0 Å². The molecule has 1 atom stereocenters. The highest BCUT2D eigenvalue weighted by atomic mass is 19.4. The van der Waals surface area contributed by atoms with Crippen LogP contribution in [0.2, 0.25) is 0 Å². The number of halogens is 3. The number of nitrogens with zero attached hydrogens (tertiary/aromatic N) is 3. The number of ether oxygens (including phenoxy) is 1. The van der Waals surface area contributed by atoms with Crippen LogP contribution in [0.15, 0.2) is 23.3 Å². The van der Waals surface area contributed by atoms with Crippen molar-refractivity contribution in [3.05, 3.63) is 23.9 Å². The summed E-state index contributed by atoms with van der Waals surface area (Å²) in [5, 5.41) is 6.41. The van der Waals surface area contributed by atoms with Gasteiger partial charge in [-0.3, -0.25) is 4.79 Å². The Morgan fingerprint density at radius 2 is 2.21 bits per heavy atom. The third-order valence-electron chi connectivity index (χ3n) is 4.31. The molecule has 162 valence electrons. The van der Waals surface area contributed by atoms with Gasteiger partial charge in [-0.25, -0.2) is 9.98 Å². The standard InChI is InChI=1S/C19H28F3N5O2/c1-4-23-18(26-15-7-9-27(11-15)17(28)13(2)3)25-10-14-6-5-8-24-16(14)29-12-19(20,21)22/h5-6,8,13,15H,4,7,9-12H2,1-3H3,(H2,23,25,26). The number of amides is 1. The van der Waals surface area contributed by atoms with Crippen molar-refractivity contribution in [2.24, 2.45) is 10.9 Å². The molecule has 0 aromatic carbocycles. The van der Waals surface area contributed by atoms with Gasteiger partial charge in [0.1, 0.15) is 0 Å². The van der Waals surface area contributed by atoms with E-state index in [2.05, 4.69) is 20.6 Å². The van der Waals surface area contributed by atoms with E-state index in [1.165, 1.54) is 6.20 Å². The number of pyridine rings is 1. The van der Waals surface area contributed by atoms with Gasteiger partial charge >= 0.3 is 6.18 Å². The predicted octanol–water partition coefficient (Wildman–Crippen LogP) is 2.33. The number of aliphatic imine (C=N–C) groups is 1. The minimum atomic E-state index is -4.43. The first-order chi connectivity index (χ1) is 13.7. The van der Waals surface area contributed by atoms with Gasteiger partial charge in [-0.1, -0.05) is 19.9 Å². The largest absolute Gasteiger partial charge is 0.468 e. The molecule has 7 nitrogen and oxygen atoms in total. The number of carbonyl (C=O) groups is 1. The van der Waals surface area contributed by atoms with Crippen LogP contribution >= 0.6 is 0 Å². The Hall–Kier alpha value is -2.52. The van der Waals surface area contributed by atoms with E-state index < -0.39 is 12.8 Å². The molecule has 1 amide bonds. The Kier molecular flexibility index (Phi) is 8.10. The summed E-state index contributed by atoms with van der Waals surface area (Å²) in [6.45, 7) is 6.28. The van der Waals surface area contributed by atoms with E-state index in [0.717, 1.165) is 6.42 Å². The summed E-state index contributed by atoms with van der Waals surface area (Å²) in [5.74, 6) is 0.523. The van der Waals surface area contributed by atoms with Crippen LogP contribution in [-0.4, -0.2) is 60.2 Å². The molecular formula is C19H28F3N5O2. The van der Waals surface area contributed by atoms with Gasteiger partial charge in [0.15, 0.2) is 12.6 Å². The Morgan fingerprint density at radius 1 is 1.45 bits per heavy atom. The fraction of sp³-hybridized carbons (Fsp3) is 0.632. The Morgan fingerprint density at radius 3 is 2.86 bits per heavy atom. The number of hydrogen-bond donors (Lipinski definition) is 2. The molecule has 1 aliphatic rings. The Labute approximate surface area is 168 Å². The molecule has 1 aliphatic heterocycles. The number of rotatable bonds is 7. The fourth-order valence-electron chi connectivity index (χ4n) is 2.95. The van der Waals surface area contributed by atoms with Gasteiger partial charge in [0.2, 0.25) is 11.8 Å². The molecule has 2 rings (SSSR count). The molecule has 10 heteroatoms. The molecule has 0 aliphatic carbocycles. The van der Waals surface area contributed by atoms with Crippen molar-refractivity contribution in [1.82, 2.24) is 20.5 Å². The highest BCUT2D eigenvalue weighted by Gasteiger charge is 2.29. The van der Waals surface area contributed by atoms with Crippen molar-refractivity contribution in [3.63, 3.8) is 0 Å². The van der Waals surface area contributed by atoms with E-state index in [4.69, 9.17) is 4.74 Å². The maximum absolute atomic E-state index is 12.4. The first-order valence-electron chi connectivity index (χ1n) is 9.66. The van der Waals surface area contributed by atoms with E-state index in [-0.39, 0.29) is 30.3 Å². The van der Waals surface area contributed by atoms with Gasteiger partial charge in [0.25, 0.3) is 0 Å². The monoisotopic (exact) mass is 415 g/mol. The Balaban J connectivity index is 2.00. The minimum Gasteiger partial charge on any atom is -0.468 e. The maximum atomic E-state index is 12.4. The molecule has 29 heavy (non-hydrogen) atoms. The average Bonchev–Trinajstić information content (AvgIpc) is 3.12. The van der Waals surface area contributed by atoms with Crippen molar-refractivity contribution < 1.29 is 22.7 Å². The summed E-state index contributed by atoms with van der Waals surface area (Å²) in [5.41, 5.74) is 0.456. The summed E-state index contributed by atoms with van der Waals surface area (Å²) in [6.07, 6.45) is -2.26. The molecule has 1 unspecified atom stereocenters. The van der Waals surface area contributed by atoms with Crippen molar-refractivity contribution in [3.8, 4) is 5.88 Å². The summed E-state index contributed by atoms with van der Waals surface area (Å²) < 4.78 is 42.1. The minimum absolute atomic E-state index is 0.0450. The quantitative estimate of drug-likeness (QED) is 0.528. The maximum Gasteiger partial charge on any atom is 0.422 e. The lowest BCUT2D eigenvalue weighted by Crippen LogP contribution is -2.45. The molecule has 0 saturated carbocycles. The second-order valence-corrected chi connectivity index (χ2v) is 7.14. The molecule has 1 saturated heterocycles. The normalized spacial score (nSPS) is 17.6. The van der Waals surface area contributed by atoms with Crippen LogP contribution in [0.5, 0.6) is 5.88 Å². The molecule has 2 N–H and O–H groups in total. The number of hydrogen-bond acceptors (Lipinski definition) is 4. The number of likely N-dealkylation sites (tertiary alicyclic amines) is 1. The Bertz CT molecular complexity index is 709. The van der Waals surface area contributed by atoms with Gasteiger partial charge in [0.05, 0.1) is 6.54 Å². The smallest absolute Gasteiger partial charge is 0.422 e. The lowest BCUT2D eigenvalue weighted by molar-refractivity contribution is -0.154. The topological polar surface area (TPSA) is 78.9 Å². The van der Waals surface area contributed by atoms with Crippen molar-refractivity contribution in [2.45, 2.75) is 46.0 Å². The van der Waals surface area contributed by atoms with Crippen molar-refractivity contribution in [2.75, 3.05) is 26.2 Å². The van der Waals surface area contributed by atoms with Crippen LogP contribution in [0.1, 0.15) is 32.8 Å². The molecule has 0 bridgehead atoms. The third kappa shape index (κ3) is 7.43. The second kappa shape index (κ2) is 10.3. The number of carbonyl (C=O) groups excluding carboxylic acids is 1. The van der Waals surface area contributed by atoms with Crippen LogP contribution in [0, 0.1) is 5.92 Å². The zero-order valence-corrected chi connectivity index (χ0v) is 16.9. The number of alkyl halides is 3. The van der Waals surface area contributed by atoms with Gasteiger partial charge in [-0.05, 0) is 19.4 Å². The SMILES string of the molecule is CCNC(=NCc1cccnc1OCC(F)(F)F)NC1CCN(C(=O)C(C)C)C1. The summed E-state index contributed by atoms with van der Waals surface area (Å²) in [7, 11) is 0. The molecule has 2 heterocycles. The van der Waals surface area contributed by atoms with Crippen molar-refractivity contribution in [1.29, 1.82) is 0 Å². The van der Waals surface area contributed by atoms with Gasteiger partial charge in [0, 0.05) is 43.4 Å². The zero-order valence-electron chi connectivity index (χ0n) is 16.9. The second-order valence-electron chi connectivity index (χ2n) is 7.14. The van der Waals surface area contributed by atoms with Gasteiger partial charge < -0.3 is 20.3 Å².